The van der Waals surface area contributed by atoms with Gasteiger partial charge >= 0.3 is 5.69 Å². The second-order valence-corrected chi connectivity index (χ2v) is 4.91. The Hall–Kier alpha value is -3.09. The highest BCUT2D eigenvalue weighted by Crippen LogP contribution is 2.32. The number of ether oxygens (including phenoxy) is 2. The minimum absolute atomic E-state index is 0.136. The van der Waals surface area contributed by atoms with Crippen molar-refractivity contribution in [1.29, 1.82) is 0 Å². The Labute approximate surface area is 123 Å². The average molecular weight is 297 g/mol. The van der Waals surface area contributed by atoms with Crippen molar-refractivity contribution in [2.75, 3.05) is 6.79 Å². The van der Waals surface area contributed by atoms with Crippen molar-refractivity contribution in [1.82, 2.24) is 14.5 Å². The Kier molecular flexibility index (Phi) is 2.72. The van der Waals surface area contributed by atoms with Gasteiger partial charge in [0.1, 0.15) is 0 Å². The van der Waals surface area contributed by atoms with Crippen LogP contribution in [0.5, 0.6) is 11.5 Å². The lowest BCUT2D eigenvalue weighted by Crippen LogP contribution is -2.35. The second kappa shape index (κ2) is 4.73. The van der Waals surface area contributed by atoms with E-state index in [0.717, 1.165) is 10.1 Å². The molecule has 0 saturated heterocycles. The molecule has 0 radical (unpaired) electrons. The van der Waals surface area contributed by atoms with Crippen LogP contribution in [0.15, 0.2) is 46.1 Å². The standard InChI is InChI=1S/C15H11N3O4/c19-14-13-10(2-1-5-16-13)17-15(20)18(14)7-9-3-4-11-12(6-9)22-8-21-11/h1-6H,7-8H2,(H,17,20). The fraction of sp³-hybridized carbons (Fsp3) is 0.133. The first-order valence-corrected chi connectivity index (χ1v) is 6.69. The van der Waals surface area contributed by atoms with Crippen LogP contribution in [0.3, 0.4) is 0 Å². The van der Waals surface area contributed by atoms with E-state index in [2.05, 4.69) is 9.97 Å². The van der Waals surface area contributed by atoms with E-state index in [1.807, 2.05) is 0 Å². The predicted molar refractivity (Wildman–Crippen MR) is 78.3 cm³/mol. The summed E-state index contributed by atoms with van der Waals surface area (Å²) in [6.45, 7) is 0.316. The van der Waals surface area contributed by atoms with Crippen LogP contribution in [0.2, 0.25) is 0 Å². The van der Waals surface area contributed by atoms with E-state index in [1.54, 1.807) is 30.3 Å². The van der Waals surface area contributed by atoms with Gasteiger partial charge in [-0.05, 0) is 29.8 Å². The van der Waals surface area contributed by atoms with E-state index in [1.165, 1.54) is 6.20 Å². The summed E-state index contributed by atoms with van der Waals surface area (Å²) in [7, 11) is 0. The molecular formula is C15H11N3O4. The second-order valence-electron chi connectivity index (χ2n) is 4.91. The van der Waals surface area contributed by atoms with Gasteiger partial charge in [0.05, 0.1) is 12.1 Å². The zero-order chi connectivity index (χ0) is 15.1. The quantitative estimate of drug-likeness (QED) is 0.758. The third-order valence-corrected chi connectivity index (χ3v) is 3.52. The Morgan fingerprint density at radius 3 is 2.95 bits per heavy atom. The molecule has 1 aliphatic rings. The summed E-state index contributed by atoms with van der Waals surface area (Å²) in [5.41, 5.74) is 0.551. The minimum Gasteiger partial charge on any atom is -0.454 e. The number of nitrogens with one attached hydrogen (secondary N) is 1. The van der Waals surface area contributed by atoms with Crippen LogP contribution < -0.4 is 20.7 Å². The van der Waals surface area contributed by atoms with E-state index < -0.39 is 11.2 Å². The number of aromatic nitrogens is 3. The van der Waals surface area contributed by atoms with Crippen LogP contribution >= 0.6 is 0 Å². The average Bonchev–Trinajstić information content (AvgIpc) is 2.99. The molecule has 0 spiro atoms. The maximum Gasteiger partial charge on any atom is 0.329 e. The Balaban J connectivity index is 1.82. The zero-order valence-electron chi connectivity index (χ0n) is 11.4. The van der Waals surface area contributed by atoms with Crippen molar-refractivity contribution in [3.05, 3.63) is 62.9 Å². The topological polar surface area (TPSA) is 86.2 Å². The monoisotopic (exact) mass is 297 g/mol. The zero-order valence-corrected chi connectivity index (χ0v) is 11.4. The minimum atomic E-state index is -0.469. The molecule has 7 nitrogen and oxygen atoms in total. The van der Waals surface area contributed by atoms with Crippen LogP contribution in [0.1, 0.15) is 5.56 Å². The fourth-order valence-electron chi connectivity index (χ4n) is 2.44. The number of hydrogen-bond donors (Lipinski definition) is 1. The maximum atomic E-state index is 12.4. The number of H-pyrrole nitrogens is 1. The van der Waals surface area contributed by atoms with E-state index in [9.17, 15) is 9.59 Å². The van der Waals surface area contributed by atoms with Gasteiger partial charge in [0.15, 0.2) is 17.0 Å². The first-order valence-electron chi connectivity index (χ1n) is 6.69. The Bertz CT molecular complexity index is 990. The van der Waals surface area contributed by atoms with Crippen molar-refractivity contribution in [2.24, 2.45) is 0 Å². The molecule has 110 valence electrons. The lowest BCUT2D eigenvalue weighted by molar-refractivity contribution is 0.174. The molecule has 0 aliphatic carbocycles. The molecule has 3 aromatic rings. The molecule has 3 heterocycles. The summed E-state index contributed by atoms with van der Waals surface area (Å²) in [4.78, 5) is 31.2. The van der Waals surface area contributed by atoms with Crippen molar-refractivity contribution < 1.29 is 9.47 Å². The number of hydrogen-bond acceptors (Lipinski definition) is 5. The first-order chi connectivity index (χ1) is 10.7. The third-order valence-electron chi connectivity index (χ3n) is 3.52. The fourth-order valence-corrected chi connectivity index (χ4v) is 2.44. The SMILES string of the molecule is O=c1[nH]c2cccnc2c(=O)n1Cc1ccc2c(c1)OCO2. The molecule has 1 N–H and O–H groups in total. The van der Waals surface area contributed by atoms with Crippen molar-refractivity contribution in [3.63, 3.8) is 0 Å². The number of benzene rings is 1. The maximum absolute atomic E-state index is 12.4. The highest BCUT2D eigenvalue weighted by atomic mass is 16.7. The summed E-state index contributed by atoms with van der Waals surface area (Å²) < 4.78 is 11.7. The molecule has 0 atom stereocenters. The van der Waals surface area contributed by atoms with Crippen molar-refractivity contribution in [2.45, 2.75) is 6.54 Å². The van der Waals surface area contributed by atoms with Gasteiger partial charge in [-0.1, -0.05) is 6.07 Å². The van der Waals surface area contributed by atoms with Crippen LogP contribution in [0, 0.1) is 0 Å². The molecular weight excluding hydrogens is 286 g/mol. The van der Waals surface area contributed by atoms with Gasteiger partial charge in [0.2, 0.25) is 6.79 Å². The highest BCUT2D eigenvalue weighted by molar-refractivity contribution is 5.71. The van der Waals surface area contributed by atoms with Crippen LogP contribution in [0.25, 0.3) is 11.0 Å². The number of pyridine rings is 1. The molecule has 2 aromatic heterocycles. The molecule has 22 heavy (non-hydrogen) atoms. The highest BCUT2D eigenvalue weighted by Gasteiger charge is 2.15. The summed E-state index contributed by atoms with van der Waals surface area (Å²) in [6.07, 6.45) is 1.52. The summed E-state index contributed by atoms with van der Waals surface area (Å²) in [5, 5.41) is 0. The van der Waals surface area contributed by atoms with E-state index >= 15 is 0 Å². The molecule has 0 amide bonds. The lowest BCUT2D eigenvalue weighted by atomic mass is 10.2. The van der Waals surface area contributed by atoms with E-state index in [4.69, 9.17) is 9.47 Å². The summed E-state index contributed by atoms with van der Waals surface area (Å²) >= 11 is 0. The molecule has 0 saturated carbocycles. The predicted octanol–water partition coefficient (Wildman–Crippen LogP) is 0.862. The van der Waals surface area contributed by atoms with Crippen molar-refractivity contribution >= 4 is 11.0 Å². The summed E-state index contributed by atoms with van der Waals surface area (Å²) in [5.74, 6) is 1.27. The summed E-state index contributed by atoms with van der Waals surface area (Å²) in [6, 6.07) is 8.63. The lowest BCUT2D eigenvalue weighted by Gasteiger charge is -2.07. The number of nitrogens with zero attached hydrogens (tertiary/aromatic N) is 2. The van der Waals surface area contributed by atoms with E-state index in [0.29, 0.717) is 17.0 Å². The van der Waals surface area contributed by atoms with Gasteiger partial charge in [-0.15, -0.1) is 0 Å². The van der Waals surface area contributed by atoms with Crippen LogP contribution in [0.4, 0.5) is 0 Å². The molecule has 0 fully saturated rings. The third kappa shape index (κ3) is 1.95. The molecule has 1 aromatic carbocycles. The molecule has 4 rings (SSSR count). The number of aromatic amines is 1. The van der Waals surface area contributed by atoms with Gasteiger partial charge in [0.25, 0.3) is 5.56 Å². The molecule has 0 bridgehead atoms. The first kappa shape index (κ1) is 12.6. The van der Waals surface area contributed by atoms with Crippen molar-refractivity contribution in [3.8, 4) is 11.5 Å². The van der Waals surface area contributed by atoms with Gasteiger partial charge in [-0.25, -0.2) is 9.78 Å². The number of fused-ring (bicyclic) bond motifs is 2. The van der Waals surface area contributed by atoms with Crippen LogP contribution in [-0.2, 0) is 6.54 Å². The normalized spacial score (nSPS) is 12.7. The smallest absolute Gasteiger partial charge is 0.329 e. The molecule has 7 heteroatoms. The van der Waals surface area contributed by atoms with Gasteiger partial charge < -0.3 is 14.5 Å². The van der Waals surface area contributed by atoms with E-state index in [-0.39, 0.29) is 18.9 Å². The van der Waals surface area contributed by atoms with Crippen LogP contribution in [-0.4, -0.2) is 21.3 Å². The number of rotatable bonds is 2. The van der Waals surface area contributed by atoms with Gasteiger partial charge in [-0.3, -0.25) is 9.36 Å². The molecule has 1 aliphatic heterocycles. The van der Waals surface area contributed by atoms with Gasteiger partial charge in [-0.2, -0.15) is 0 Å². The Morgan fingerprint density at radius 2 is 2.05 bits per heavy atom. The van der Waals surface area contributed by atoms with Gasteiger partial charge in [0, 0.05) is 6.20 Å². The largest absolute Gasteiger partial charge is 0.454 e. The Morgan fingerprint density at radius 1 is 1.18 bits per heavy atom. The molecule has 0 unspecified atom stereocenters.